The quantitative estimate of drug-likeness (QED) is 0.850. The van der Waals surface area contributed by atoms with Gasteiger partial charge in [0, 0.05) is 24.8 Å². The summed E-state index contributed by atoms with van der Waals surface area (Å²) in [7, 11) is 3.57. The summed E-state index contributed by atoms with van der Waals surface area (Å²) in [5.41, 5.74) is 4.25. The van der Waals surface area contributed by atoms with Crippen LogP contribution >= 0.6 is 12.2 Å². The second-order valence-electron chi connectivity index (χ2n) is 4.89. The zero-order chi connectivity index (χ0) is 15.4. The van der Waals surface area contributed by atoms with Gasteiger partial charge in [0.05, 0.1) is 19.0 Å². The highest BCUT2D eigenvalue weighted by Gasteiger charge is 2.07. The van der Waals surface area contributed by atoms with Gasteiger partial charge in [-0.05, 0) is 43.8 Å². The molecule has 0 amide bonds. The fraction of sp³-hybridized carbons (Fsp3) is 0.333. The van der Waals surface area contributed by atoms with Gasteiger partial charge in [0.25, 0.3) is 0 Å². The first kappa shape index (κ1) is 15.3. The number of methoxy groups -OCH3 is 1. The summed E-state index contributed by atoms with van der Waals surface area (Å²) < 4.78 is 7.17. The minimum Gasteiger partial charge on any atom is -0.495 e. The fourth-order valence-corrected chi connectivity index (χ4v) is 2.16. The molecule has 2 rings (SSSR count). The Bertz CT molecular complexity index is 651. The van der Waals surface area contributed by atoms with Crippen LogP contribution < -0.4 is 15.4 Å². The van der Waals surface area contributed by atoms with Crippen molar-refractivity contribution < 1.29 is 4.74 Å². The molecule has 0 spiro atoms. The van der Waals surface area contributed by atoms with E-state index in [9.17, 15) is 0 Å². The minimum atomic E-state index is 0.558. The summed E-state index contributed by atoms with van der Waals surface area (Å²) in [5, 5.41) is 11.1. The molecule has 1 heterocycles. The third kappa shape index (κ3) is 3.72. The van der Waals surface area contributed by atoms with Crippen LogP contribution in [0.4, 0.5) is 5.69 Å². The number of nitrogens with zero attached hydrogens (tertiary/aromatic N) is 2. The average molecular weight is 304 g/mol. The van der Waals surface area contributed by atoms with E-state index < -0.39 is 0 Å². The molecule has 5 nitrogen and oxygen atoms in total. The Kier molecular flexibility index (Phi) is 4.80. The molecule has 112 valence electrons. The first-order valence-corrected chi connectivity index (χ1v) is 7.09. The van der Waals surface area contributed by atoms with Crippen molar-refractivity contribution in [1.29, 1.82) is 0 Å². The molecule has 6 heteroatoms. The lowest BCUT2D eigenvalue weighted by Gasteiger charge is -2.14. The standard InChI is InChI=1S/C15H20N4OS/c1-10-5-6-14(20-4)13(7-10)18-15(21)16-8-12-9-17-19(3)11(12)2/h5-7,9H,8H2,1-4H3,(H2,16,18,21). The second kappa shape index (κ2) is 6.58. The molecule has 21 heavy (non-hydrogen) atoms. The van der Waals surface area contributed by atoms with Gasteiger partial charge < -0.3 is 15.4 Å². The summed E-state index contributed by atoms with van der Waals surface area (Å²) in [5.74, 6) is 0.766. The van der Waals surface area contributed by atoms with Crippen LogP contribution in [0.25, 0.3) is 0 Å². The lowest BCUT2D eigenvalue weighted by molar-refractivity contribution is 0.417. The van der Waals surface area contributed by atoms with E-state index in [4.69, 9.17) is 17.0 Å². The van der Waals surface area contributed by atoms with Gasteiger partial charge in [-0.1, -0.05) is 6.07 Å². The number of thiocarbonyl (C=S) groups is 1. The van der Waals surface area contributed by atoms with Crippen molar-refractivity contribution in [3.05, 3.63) is 41.2 Å². The molecule has 0 unspecified atom stereocenters. The van der Waals surface area contributed by atoms with Gasteiger partial charge in [0.1, 0.15) is 5.75 Å². The van der Waals surface area contributed by atoms with Gasteiger partial charge in [-0.3, -0.25) is 4.68 Å². The van der Waals surface area contributed by atoms with Gasteiger partial charge in [0.15, 0.2) is 5.11 Å². The molecule has 0 aliphatic carbocycles. The van der Waals surface area contributed by atoms with E-state index in [1.807, 2.05) is 50.0 Å². The molecule has 0 fully saturated rings. The largest absolute Gasteiger partial charge is 0.495 e. The highest BCUT2D eigenvalue weighted by atomic mass is 32.1. The van der Waals surface area contributed by atoms with Crippen LogP contribution in [0.3, 0.4) is 0 Å². The lowest BCUT2D eigenvalue weighted by Crippen LogP contribution is -2.28. The number of hydrogen-bond donors (Lipinski definition) is 2. The summed E-state index contributed by atoms with van der Waals surface area (Å²) in [4.78, 5) is 0. The summed E-state index contributed by atoms with van der Waals surface area (Å²) in [6.45, 7) is 4.70. The Hall–Kier alpha value is -2.08. The van der Waals surface area contributed by atoms with Crippen molar-refractivity contribution in [2.24, 2.45) is 7.05 Å². The van der Waals surface area contributed by atoms with E-state index in [-0.39, 0.29) is 0 Å². The van der Waals surface area contributed by atoms with Crippen LogP contribution in [0.2, 0.25) is 0 Å². The number of nitrogens with one attached hydrogen (secondary N) is 2. The number of benzene rings is 1. The number of aromatic nitrogens is 2. The third-order valence-corrected chi connectivity index (χ3v) is 3.63. The molecule has 0 aliphatic rings. The number of aryl methyl sites for hydroxylation is 2. The maximum absolute atomic E-state index is 5.33. The van der Waals surface area contributed by atoms with Crippen molar-refractivity contribution in [1.82, 2.24) is 15.1 Å². The first-order chi connectivity index (χ1) is 10.0. The maximum atomic E-state index is 5.33. The average Bonchev–Trinajstić information content (AvgIpc) is 2.77. The van der Waals surface area contributed by atoms with Crippen LogP contribution in [-0.2, 0) is 13.6 Å². The number of ether oxygens (including phenoxy) is 1. The SMILES string of the molecule is COc1ccc(C)cc1NC(=S)NCc1cnn(C)c1C. The van der Waals surface area contributed by atoms with Crippen LogP contribution in [0.1, 0.15) is 16.8 Å². The Balaban J connectivity index is 1.99. The van der Waals surface area contributed by atoms with Crippen molar-refractivity contribution in [2.45, 2.75) is 20.4 Å². The van der Waals surface area contributed by atoms with Gasteiger partial charge in [-0.25, -0.2) is 0 Å². The zero-order valence-corrected chi connectivity index (χ0v) is 13.5. The second-order valence-corrected chi connectivity index (χ2v) is 5.30. The molecular formula is C15H20N4OS. The Morgan fingerprint density at radius 3 is 2.76 bits per heavy atom. The minimum absolute atomic E-state index is 0.558. The van der Waals surface area contributed by atoms with Crippen molar-refractivity contribution >= 4 is 23.0 Å². The lowest BCUT2D eigenvalue weighted by atomic mass is 10.2. The third-order valence-electron chi connectivity index (χ3n) is 3.38. The number of hydrogen-bond acceptors (Lipinski definition) is 3. The normalized spacial score (nSPS) is 10.3. The molecule has 0 saturated heterocycles. The predicted octanol–water partition coefficient (Wildman–Crippen LogP) is 2.53. The van der Waals surface area contributed by atoms with Crippen LogP contribution in [0.5, 0.6) is 5.75 Å². The molecule has 0 radical (unpaired) electrons. The molecular weight excluding hydrogens is 284 g/mol. The van der Waals surface area contributed by atoms with Gasteiger partial charge in [-0.2, -0.15) is 5.10 Å². The fourth-order valence-electron chi connectivity index (χ4n) is 1.98. The van der Waals surface area contributed by atoms with Gasteiger partial charge in [-0.15, -0.1) is 0 Å². The topological polar surface area (TPSA) is 51.1 Å². The Morgan fingerprint density at radius 1 is 1.38 bits per heavy atom. The van der Waals surface area contributed by atoms with Crippen molar-refractivity contribution in [3.63, 3.8) is 0 Å². The van der Waals surface area contributed by atoms with Crippen LogP contribution in [0, 0.1) is 13.8 Å². The van der Waals surface area contributed by atoms with E-state index in [1.165, 1.54) is 0 Å². The van der Waals surface area contributed by atoms with Gasteiger partial charge in [0.2, 0.25) is 0 Å². The van der Waals surface area contributed by atoms with Crippen LogP contribution in [0.15, 0.2) is 24.4 Å². The van der Waals surface area contributed by atoms with E-state index in [0.717, 1.165) is 28.3 Å². The van der Waals surface area contributed by atoms with Crippen molar-refractivity contribution in [2.75, 3.05) is 12.4 Å². The molecule has 0 bridgehead atoms. The smallest absolute Gasteiger partial charge is 0.171 e. The molecule has 0 aliphatic heterocycles. The van der Waals surface area contributed by atoms with Gasteiger partial charge >= 0.3 is 0 Å². The molecule has 1 aromatic heterocycles. The Morgan fingerprint density at radius 2 is 2.14 bits per heavy atom. The highest BCUT2D eigenvalue weighted by Crippen LogP contribution is 2.25. The summed E-state index contributed by atoms with van der Waals surface area (Å²) >= 11 is 5.33. The number of anilines is 1. The first-order valence-electron chi connectivity index (χ1n) is 6.68. The van der Waals surface area contributed by atoms with E-state index in [0.29, 0.717) is 11.7 Å². The monoisotopic (exact) mass is 304 g/mol. The van der Waals surface area contributed by atoms with Crippen LogP contribution in [-0.4, -0.2) is 22.0 Å². The molecule has 2 N–H and O–H groups in total. The summed E-state index contributed by atoms with van der Waals surface area (Å²) in [6.07, 6.45) is 1.85. The van der Waals surface area contributed by atoms with Crippen molar-refractivity contribution in [3.8, 4) is 5.75 Å². The van der Waals surface area contributed by atoms with E-state index in [1.54, 1.807) is 7.11 Å². The van der Waals surface area contributed by atoms with E-state index >= 15 is 0 Å². The molecule has 0 saturated carbocycles. The zero-order valence-electron chi connectivity index (χ0n) is 12.7. The number of rotatable bonds is 4. The summed E-state index contributed by atoms with van der Waals surface area (Å²) in [6, 6.07) is 5.92. The predicted molar refractivity (Wildman–Crippen MR) is 88.7 cm³/mol. The molecule has 2 aromatic rings. The Labute approximate surface area is 130 Å². The molecule has 1 aromatic carbocycles. The van der Waals surface area contributed by atoms with E-state index in [2.05, 4.69) is 15.7 Å². The molecule has 0 atom stereocenters. The highest BCUT2D eigenvalue weighted by molar-refractivity contribution is 7.80. The maximum Gasteiger partial charge on any atom is 0.171 e.